The van der Waals surface area contributed by atoms with E-state index in [0.29, 0.717) is 17.6 Å². The van der Waals surface area contributed by atoms with E-state index in [1.165, 1.54) is 17.5 Å². The number of aryl methyl sites for hydroxylation is 2. The van der Waals surface area contributed by atoms with Crippen LogP contribution in [0, 0.1) is 19.8 Å². The monoisotopic (exact) mass is 285 g/mol. The highest BCUT2D eigenvalue weighted by molar-refractivity contribution is 5.55. The fraction of sp³-hybridized carbons (Fsp3) is 0.529. The Bertz CT molecular complexity index is 649. The van der Waals surface area contributed by atoms with Crippen LogP contribution in [0.5, 0.6) is 0 Å². The highest BCUT2D eigenvalue weighted by atomic mass is 16.5. The van der Waals surface area contributed by atoms with Gasteiger partial charge in [-0.25, -0.2) is 0 Å². The first kappa shape index (κ1) is 14.3. The lowest BCUT2D eigenvalue weighted by molar-refractivity contribution is 0.222. The van der Waals surface area contributed by atoms with E-state index in [1.54, 1.807) is 0 Å². The Kier molecular flexibility index (Phi) is 3.57. The molecule has 1 aliphatic carbocycles. The van der Waals surface area contributed by atoms with Crippen molar-refractivity contribution in [1.82, 2.24) is 10.1 Å². The topological polar surface area (TPSA) is 64.9 Å². The second kappa shape index (κ2) is 5.26. The summed E-state index contributed by atoms with van der Waals surface area (Å²) in [5.41, 5.74) is 9.54. The maximum absolute atomic E-state index is 6.53. The summed E-state index contributed by atoms with van der Waals surface area (Å²) in [4.78, 5) is 4.58. The zero-order valence-electron chi connectivity index (χ0n) is 13.0. The van der Waals surface area contributed by atoms with Gasteiger partial charge in [-0.2, -0.15) is 4.98 Å². The van der Waals surface area contributed by atoms with Crippen LogP contribution in [0.25, 0.3) is 11.5 Å². The first-order valence-corrected chi connectivity index (χ1v) is 7.69. The molecule has 112 valence electrons. The second-order valence-electron chi connectivity index (χ2n) is 6.58. The van der Waals surface area contributed by atoms with Crippen LogP contribution in [-0.4, -0.2) is 10.1 Å². The SMILES string of the molecule is Cc1ccc(-c2nc(C3(N)CCCC(C)C3)no2)cc1C. The van der Waals surface area contributed by atoms with Gasteiger partial charge in [0.05, 0.1) is 5.54 Å². The van der Waals surface area contributed by atoms with Crippen molar-refractivity contribution in [3.05, 3.63) is 35.2 Å². The molecule has 21 heavy (non-hydrogen) atoms. The third kappa shape index (κ3) is 2.72. The van der Waals surface area contributed by atoms with Crippen molar-refractivity contribution < 1.29 is 4.52 Å². The lowest BCUT2D eigenvalue weighted by Crippen LogP contribution is -2.42. The summed E-state index contributed by atoms with van der Waals surface area (Å²) >= 11 is 0. The van der Waals surface area contributed by atoms with E-state index in [4.69, 9.17) is 10.3 Å². The molecular formula is C17H23N3O. The summed E-state index contributed by atoms with van der Waals surface area (Å²) in [6, 6.07) is 6.18. The van der Waals surface area contributed by atoms with Crippen LogP contribution in [0.2, 0.25) is 0 Å². The number of hydrogen-bond acceptors (Lipinski definition) is 4. The van der Waals surface area contributed by atoms with Crippen molar-refractivity contribution in [3.8, 4) is 11.5 Å². The number of benzene rings is 1. The maximum Gasteiger partial charge on any atom is 0.258 e. The van der Waals surface area contributed by atoms with Crippen molar-refractivity contribution in [2.75, 3.05) is 0 Å². The van der Waals surface area contributed by atoms with Gasteiger partial charge >= 0.3 is 0 Å². The molecule has 4 heteroatoms. The van der Waals surface area contributed by atoms with Gasteiger partial charge in [-0.3, -0.25) is 0 Å². The van der Waals surface area contributed by atoms with Crippen LogP contribution in [0.15, 0.2) is 22.7 Å². The highest BCUT2D eigenvalue weighted by Crippen LogP contribution is 2.37. The zero-order valence-corrected chi connectivity index (χ0v) is 13.0. The fourth-order valence-electron chi connectivity index (χ4n) is 3.21. The molecule has 4 nitrogen and oxygen atoms in total. The van der Waals surface area contributed by atoms with E-state index in [-0.39, 0.29) is 0 Å². The summed E-state index contributed by atoms with van der Waals surface area (Å²) in [6.45, 7) is 6.42. The predicted octanol–water partition coefficient (Wildman–Crippen LogP) is 3.72. The minimum atomic E-state index is -0.431. The van der Waals surface area contributed by atoms with Gasteiger partial charge in [-0.15, -0.1) is 0 Å². The van der Waals surface area contributed by atoms with Gasteiger partial charge in [0.1, 0.15) is 0 Å². The molecule has 3 rings (SSSR count). The van der Waals surface area contributed by atoms with Gasteiger partial charge in [0, 0.05) is 5.56 Å². The molecule has 0 saturated heterocycles. The molecule has 0 radical (unpaired) electrons. The summed E-state index contributed by atoms with van der Waals surface area (Å²) in [7, 11) is 0. The smallest absolute Gasteiger partial charge is 0.258 e. The van der Waals surface area contributed by atoms with Crippen LogP contribution in [0.4, 0.5) is 0 Å². The minimum absolute atomic E-state index is 0.431. The third-order valence-corrected chi connectivity index (χ3v) is 4.66. The van der Waals surface area contributed by atoms with E-state index in [1.807, 2.05) is 6.07 Å². The number of rotatable bonds is 2. The fourth-order valence-corrected chi connectivity index (χ4v) is 3.21. The van der Waals surface area contributed by atoms with Crippen LogP contribution in [-0.2, 0) is 5.54 Å². The van der Waals surface area contributed by atoms with Crippen LogP contribution in [0.3, 0.4) is 0 Å². The van der Waals surface area contributed by atoms with Gasteiger partial charge in [-0.05, 0) is 55.9 Å². The molecule has 1 aromatic carbocycles. The molecule has 1 heterocycles. The standard InChI is InChI=1S/C17H23N3O/c1-11-5-4-8-17(18,10-11)16-19-15(21-20-16)14-7-6-12(2)13(3)9-14/h6-7,9,11H,4-5,8,10,18H2,1-3H3. The van der Waals surface area contributed by atoms with Gasteiger partial charge in [0.25, 0.3) is 5.89 Å². The number of hydrogen-bond donors (Lipinski definition) is 1. The van der Waals surface area contributed by atoms with Crippen LogP contribution < -0.4 is 5.73 Å². The Balaban J connectivity index is 1.90. The van der Waals surface area contributed by atoms with Crippen molar-refractivity contribution in [2.45, 2.75) is 52.0 Å². The Labute approximate surface area is 125 Å². The normalized spacial score (nSPS) is 26.0. The lowest BCUT2D eigenvalue weighted by Gasteiger charge is -2.33. The average molecular weight is 285 g/mol. The van der Waals surface area contributed by atoms with Gasteiger partial charge in [0.15, 0.2) is 5.82 Å². The summed E-state index contributed by atoms with van der Waals surface area (Å²) in [5, 5.41) is 4.16. The maximum atomic E-state index is 6.53. The summed E-state index contributed by atoms with van der Waals surface area (Å²) in [5.74, 6) is 1.84. The third-order valence-electron chi connectivity index (χ3n) is 4.66. The van der Waals surface area contributed by atoms with Crippen molar-refractivity contribution >= 4 is 0 Å². The lowest BCUT2D eigenvalue weighted by atomic mass is 9.76. The highest BCUT2D eigenvalue weighted by Gasteiger charge is 2.37. The molecule has 2 atom stereocenters. The minimum Gasteiger partial charge on any atom is -0.334 e. The summed E-state index contributed by atoms with van der Waals surface area (Å²) < 4.78 is 5.46. The molecule has 1 fully saturated rings. The molecule has 0 amide bonds. The molecular weight excluding hydrogens is 262 g/mol. The molecule has 0 spiro atoms. The first-order valence-electron chi connectivity index (χ1n) is 7.69. The van der Waals surface area contributed by atoms with Gasteiger partial charge in [-0.1, -0.05) is 31.0 Å². The van der Waals surface area contributed by atoms with E-state index < -0.39 is 5.54 Å². The molecule has 2 unspecified atom stereocenters. The van der Waals surface area contributed by atoms with E-state index >= 15 is 0 Å². The van der Waals surface area contributed by atoms with E-state index in [9.17, 15) is 0 Å². The number of nitrogens with zero attached hydrogens (tertiary/aromatic N) is 2. The van der Waals surface area contributed by atoms with Crippen molar-refractivity contribution in [2.24, 2.45) is 11.7 Å². The first-order chi connectivity index (χ1) is 9.98. The molecule has 2 N–H and O–H groups in total. The quantitative estimate of drug-likeness (QED) is 0.913. The van der Waals surface area contributed by atoms with Gasteiger partial charge in [0.2, 0.25) is 0 Å². The molecule has 1 aromatic heterocycles. The molecule has 0 aliphatic heterocycles. The van der Waals surface area contributed by atoms with Crippen LogP contribution in [0.1, 0.15) is 49.6 Å². The van der Waals surface area contributed by atoms with Crippen molar-refractivity contribution in [1.29, 1.82) is 0 Å². The Morgan fingerprint density at radius 2 is 2.10 bits per heavy atom. The van der Waals surface area contributed by atoms with Gasteiger partial charge < -0.3 is 10.3 Å². The van der Waals surface area contributed by atoms with E-state index in [2.05, 4.69) is 43.0 Å². The second-order valence-corrected chi connectivity index (χ2v) is 6.58. The van der Waals surface area contributed by atoms with E-state index in [0.717, 1.165) is 24.8 Å². The van der Waals surface area contributed by atoms with Crippen LogP contribution >= 0.6 is 0 Å². The summed E-state index contributed by atoms with van der Waals surface area (Å²) in [6.07, 6.45) is 4.23. The Morgan fingerprint density at radius 3 is 2.81 bits per heavy atom. The average Bonchev–Trinajstić information content (AvgIpc) is 2.92. The largest absolute Gasteiger partial charge is 0.334 e. The Morgan fingerprint density at radius 1 is 1.29 bits per heavy atom. The molecule has 2 aromatic rings. The Hall–Kier alpha value is -1.68. The number of nitrogens with two attached hydrogens (primary N) is 1. The zero-order chi connectivity index (χ0) is 15.0. The van der Waals surface area contributed by atoms with Crippen molar-refractivity contribution in [3.63, 3.8) is 0 Å². The molecule has 1 aliphatic rings. The molecule has 1 saturated carbocycles. The predicted molar refractivity (Wildman–Crippen MR) is 82.7 cm³/mol. The molecule has 0 bridgehead atoms. The number of aromatic nitrogens is 2.